The number of aryl methyl sites for hydroxylation is 1. The van der Waals surface area contributed by atoms with Gasteiger partial charge in [0.15, 0.2) is 0 Å². The van der Waals surface area contributed by atoms with Crippen LogP contribution >= 0.6 is 0 Å². The summed E-state index contributed by atoms with van der Waals surface area (Å²) in [6.07, 6.45) is 2.93. The molecule has 2 rings (SSSR count). The van der Waals surface area contributed by atoms with E-state index in [1.165, 1.54) is 5.56 Å². The number of ether oxygens (including phenoxy) is 1. The van der Waals surface area contributed by atoms with Gasteiger partial charge >= 0.3 is 5.97 Å². The number of hydrogen-bond donors (Lipinski definition) is 1. The Kier molecular flexibility index (Phi) is 3.25. The van der Waals surface area contributed by atoms with E-state index < -0.39 is 6.04 Å². The predicted molar refractivity (Wildman–Crippen MR) is 61.9 cm³/mol. The second-order valence-corrected chi connectivity index (χ2v) is 4.31. The zero-order chi connectivity index (χ0) is 11.5. The molecule has 0 radical (unpaired) electrons. The Bertz CT molecular complexity index is 387. The zero-order valence-corrected chi connectivity index (χ0v) is 9.48. The molecule has 86 valence electrons. The molecule has 0 amide bonds. The van der Waals surface area contributed by atoms with Crippen molar-refractivity contribution in [3.8, 4) is 0 Å². The third-order valence-electron chi connectivity index (χ3n) is 2.94. The number of carbonyl (C=O) groups excluding carboxylic acids is 1. The first-order chi connectivity index (χ1) is 7.68. The monoisotopic (exact) mass is 219 g/mol. The van der Waals surface area contributed by atoms with Gasteiger partial charge in [0.2, 0.25) is 0 Å². The van der Waals surface area contributed by atoms with E-state index in [9.17, 15) is 4.79 Å². The Morgan fingerprint density at radius 3 is 3.00 bits per heavy atom. The molecule has 3 nitrogen and oxygen atoms in total. The van der Waals surface area contributed by atoms with Crippen molar-refractivity contribution in [1.29, 1.82) is 0 Å². The van der Waals surface area contributed by atoms with Crippen molar-refractivity contribution in [2.24, 2.45) is 5.73 Å². The first-order valence-electron chi connectivity index (χ1n) is 5.72. The number of hydrogen-bond acceptors (Lipinski definition) is 3. The van der Waals surface area contributed by atoms with Crippen LogP contribution in [0.15, 0.2) is 24.3 Å². The van der Waals surface area contributed by atoms with E-state index in [2.05, 4.69) is 6.07 Å². The molecule has 0 spiro atoms. The first kappa shape index (κ1) is 11.1. The lowest BCUT2D eigenvalue weighted by atomic mass is 9.89. The van der Waals surface area contributed by atoms with E-state index in [-0.39, 0.29) is 12.1 Å². The summed E-state index contributed by atoms with van der Waals surface area (Å²) in [7, 11) is 0. The van der Waals surface area contributed by atoms with Gasteiger partial charge in [-0.05, 0) is 37.3 Å². The van der Waals surface area contributed by atoms with Crippen molar-refractivity contribution in [3.63, 3.8) is 0 Å². The zero-order valence-electron chi connectivity index (χ0n) is 9.48. The SMILES string of the molecule is C[C@H](N)C(=O)OC1CCCc2ccccc21. The van der Waals surface area contributed by atoms with Crippen LogP contribution in [-0.2, 0) is 16.0 Å². The van der Waals surface area contributed by atoms with Crippen LogP contribution in [0.5, 0.6) is 0 Å². The van der Waals surface area contributed by atoms with Crippen LogP contribution < -0.4 is 5.73 Å². The number of nitrogens with two attached hydrogens (primary N) is 1. The molecule has 0 bridgehead atoms. The number of esters is 1. The molecule has 1 aliphatic rings. The second-order valence-electron chi connectivity index (χ2n) is 4.31. The summed E-state index contributed by atoms with van der Waals surface area (Å²) >= 11 is 0. The molecule has 1 aromatic carbocycles. The molecule has 1 aliphatic carbocycles. The maximum absolute atomic E-state index is 11.5. The minimum absolute atomic E-state index is 0.108. The minimum Gasteiger partial charge on any atom is -0.456 e. The molecule has 0 aromatic heterocycles. The van der Waals surface area contributed by atoms with Crippen molar-refractivity contribution >= 4 is 5.97 Å². The fourth-order valence-corrected chi connectivity index (χ4v) is 2.08. The van der Waals surface area contributed by atoms with Gasteiger partial charge in [-0.15, -0.1) is 0 Å². The number of benzene rings is 1. The standard InChI is InChI=1S/C13H17NO2/c1-9(14)13(15)16-12-8-4-6-10-5-2-3-7-11(10)12/h2-3,5,7,9,12H,4,6,8,14H2,1H3/t9-,12?/m0/s1. The molecule has 1 aromatic rings. The molecule has 2 atom stereocenters. The van der Waals surface area contributed by atoms with Gasteiger partial charge in [-0.1, -0.05) is 24.3 Å². The van der Waals surface area contributed by atoms with Crippen molar-refractivity contribution in [2.75, 3.05) is 0 Å². The fourth-order valence-electron chi connectivity index (χ4n) is 2.08. The molecule has 16 heavy (non-hydrogen) atoms. The minimum atomic E-state index is -0.547. The second kappa shape index (κ2) is 4.66. The van der Waals surface area contributed by atoms with Crippen LogP contribution in [0.1, 0.15) is 37.0 Å². The Balaban J connectivity index is 2.16. The molecular formula is C13H17NO2. The third-order valence-corrected chi connectivity index (χ3v) is 2.94. The maximum atomic E-state index is 11.5. The van der Waals surface area contributed by atoms with Gasteiger partial charge in [0.05, 0.1) is 0 Å². The predicted octanol–water partition coefficient (Wildman–Crippen LogP) is 1.95. The molecule has 2 N–H and O–H groups in total. The first-order valence-corrected chi connectivity index (χ1v) is 5.72. The highest BCUT2D eigenvalue weighted by atomic mass is 16.5. The Hall–Kier alpha value is -1.35. The highest BCUT2D eigenvalue weighted by molar-refractivity contribution is 5.75. The lowest BCUT2D eigenvalue weighted by molar-refractivity contribution is -0.151. The van der Waals surface area contributed by atoms with E-state index in [4.69, 9.17) is 10.5 Å². The van der Waals surface area contributed by atoms with Crippen molar-refractivity contribution < 1.29 is 9.53 Å². The molecule has 0 aliphatic heterocycles. The van der Waals surface area contributed by atoms with Gasteiger partial charge in [0.25, 0.3) is 0 Å². The van der Waals surface area contributed by atoms with Crippen LogP contribution in [0.4, 0.5) is 0 Å². The highest BCUT2D eigenvalue weighted by Crippen LogP contribution is 2.32. The van der Waals surface area contributed by atoms with E-state index in [1.54, 1.807) is 6.92 Å². The normalized spacial score (nSPS) is 21.0. The fraction of sp³-hybridized carbons (Fsp3) is 0.462. The molecule has 3 heteroatoms. The quantitative estimate of drug-likeness (QED) is 0.773. The molecule has 0 fully saturated rings. The molecular weight excluding hydrogens is 202 g/mol. The summed E-state index contributed by atoms with van der Waals surface area (Å²) in [5.41, 5.74) is 7.93. The van der Waals surface area contributed by atoms with Gasteiger partial charge in [-0.3, -0.25) is 4.79 Å². The van der Waals surface area contributed by atoms with E-state index in [0.717, 1.165) is 24.8 Å². The topological polar surface area (TPSA) is 52.3 Å². The summed E-state index contributed by atoms with van der Waals surface area (Å²) in [6.45, 7) is 1.65. The largest absolute Gasteiger partial charge is 0.456 e. The Morgan fingerprint density at radius 1 is 1.50 bits per heavy atom. The average molecular weight is 219 g/mol. The third kappa shape index (κ3) is 2.25. The Labute approximate surface area is 95.6 Å². The van der Waals surface area contributed by atoms with Crippen molar-refractivity contribution in [3.05, 3.63) is 35.4 Å². The van der Waals surface area contributed by atoms with Gasteiger partial charge in [0.1, 0.15) is 12.1 Å². The molecule has 0 heterocycles. The Morgan fingerprint density at radius 2 is 2.25 bits per heavy atom. The van der Waals surface area contributed by atoms with Gasteiger partial charge in [-0.25, -0.2) is 0 Å². The van der Waals surface area contributed by atoms with Gasteiger partial charge in [-0.2, -0.15) is 0 Å². The number of fused-ring (bicyclic) bond motifs is 1. The van der Waals surface area contributed by atoms with Crippen LogP contribution in [0.2, 0.25) is 0 Å². The lowest BCUT2D eigenvalue weighted by Crippen LogP contribution is -2.30. The molecule has 0 saturated carbocycles. The summed E-state index contributed by atoms with van der Waals surface area (Å²) in [5.74, 6) is -0.318. The lowest BCUT2D eigenvalue weighted by Gasteiger charge is -2.25. The summed E-state index contributed by atoms with van der Waals surface area (Å²) in [5, 5.41) is 0. The van der Waals surface area contributed by atoms with E-state index >= 15 is 0 Å². The summed E-state index contributed by atoms with van der Waals surface area (Å²) < 4.78 is 5.42. The number of carbonyl (C=O) groups is 1. The van der Waals surface area contributed by atoms with Crippen LogP contribution in [-0.4, -0.2) is 12.0 Å². The average Bonchev–Trinajstić information content (AvgIpc) is 2.29. The van der Waals surface area contributed by atoms with Crippen molar-refractivity contribution in [2.45, 2.75) is 38.3 Å². The van der Waals surface area contributed by atoms with Gasteiger partial charge in [0, 0.05) is 0 Å². The van der Waals surface area contributed by atoms with Crippen LogP contribution in [0.3, 0.4) is 0 Å². The van der Waals surface area contributed by atoms with Crippen LogP contribution in [0.25, 0.3) is 0 Å². The molecule has 0 saturated heterocycles. The highest BCUT2D eigenvalue weighted by Gasteiger charge is 2.24. The smallest absolute Gasteiger partial charge is 0.323 e. The van der Waals surface area contributed by atoms with Gasteiger partial charge < -0.3 is 10.5 Å². The maximum Gasteiger partial charge on any atom is 0.323 e. The van der Waals surface area contributed by atoms with Crippen molar-refractivity contribution in [1.82, 2.24) is 0 Å². The van der Waals surface area contributed by atoms with Crippen LogP contribution in [0, 0.1) is 0 Å². The summed E-state index contributed by atoms with van der Waals surface area (Å²) in [6, 6.07) is 7.59. The summed E-state index contributed by atoms with van der Waals surface area (Å²) in [4.78, 5) is 11.5. The van der Waals surface area contributed by atoms with E-state index in [0.29, 0.717) is 0 Å². The van der Waals surface area contributed by atoms with E-state index in [1.807, 2.05) is 18.2 Å². The number of rotatable bonds is 2. The molecule has 1 unspecified atom stereocenters.